The zero-order chi connectivity index (χ0) is 15.7. The quantitative estimate of drug-likeness (QED) is 0.715. The first kappa shape index (κ1) is 14.3. The number of hydrogen-bond acceptors (Lipinski definition) is 3. The van der Waals surface area contributed by atoms with Gasteiger partial charge in [-0.2, -0.15) is 0 Å². The molecule has 0 saturated carbocycles. The van der Waals surface area contributed by atoms with Crippen LogP contribution in [0.25, 0.3) is 22.6 Å². The fourth-order valence-corrected chi connectivity index (χ4v) is 2.07. The zero-order valence-corrected chi connectivity index (χ0v) is 12.1. The summed E-state index contributed by atoms with van der Waals surface area (Å²) in [7, 11) is 0. The van der Waals surface area contributed by atoms with Crippen molar-refractivity contribution in [3.05, 3.63) is 65.6 Å². The molecule has 0 amide bonds. The maximum absolute atomic E-state index is 14.0. The van der Waals surface area contributed by atoms with Crippen molar-refractivity contribution < 1.29 is 8.78 Å². The fourth-order valence-electron chi connectivity index (χ4n) is 2.07. The van der Waals surface area contributed by atoms with E-state index in [9.17, 15) is 8.78 Å². The summed E-state index contributed by atoms with van der Waals surface area (Å²) in [5, 5.41) is 0. The number of aromatic nitrogens is 3. The van der Waals surface area contributed by atoms with Crippen LogP contribution < -0.4 is 0 Å². The van der Waals surface area contributed by atoms with E-state index in [-0.39, 0.29) is 11.1 Å². The lowest BCUT2D eigenvalue weighted by atomic mass is 10.1. The van der Waals surface area contributed by atoms with Crippen molar-refractivity contribution >= 4 is 0 Å². The van der Waals surface area contributed by atoms with Gasteiger partial charge in [-0.25, -0.2) is 18.7 Å². The van der Waals surface area contributed by atoms with E-state index in [2.05, 4.69) is 15.0 Å². The van der Waals surface area contributed by atoms with Crippen molar-refractivity contribution in [3.63, 3.8) is 0 Å². The Hall–Kier alpha value is -2.69. The van der Waals surface area contributed by atoms with Gasteiger partial charge in [0.25, 0.3) is 0 Å². The third-order valence-corrected chi connectivity index (χ3v) is 3.35. The Morgan fingerprint density at radius 3 is 2.14 bits per heavy atom. The van der Waals surface area contributed by atoms with Gasteiger partial charge in [0.1, 0.15) is 0 Å². The molecular formula is C17H13F2N3. The number of nitrogens with zero attached hydrogens (tertiary/aromatic N) is 3. The molecule has 3 aromatic rings. The molecule has 0 unspecified atom stereocenters. The summed E-state index contributed by atoms with van der Waals surface area (Å²) in [5.74, 6) is -1.18. The van der Waals surface area contributed by atoms with Gasteiger partial charge in [-0.05, 0) is 43.2 Å². The molecule has 1 aromatic carbocycles. The molecule has 22 heavy (non-hydrogen) atoms. The summed E-state index contributed by atoms with van der Waals surface area (Å²) in [6, 6.07) is 6.43. The van der Waals surface area contributed by atoms with Crippen molar-refractivity contribution in [2.24, 2.45) is 0 Å². The van der Waals surface area contributed by atoms with Crippen LogP contribution in [-0.4, -0.2) is 15.0 Å². The zero-order valence-electron chi connectivity index (χ0n) is 12.1. The predicted octanol–water partition coefficient (Wildman–Crippen LogP) is 4.10. The fraction of sp³-hybridized carbons (Fsp3) is 0.118. The lowest BCUT2D eigenvalue weighted by Crippen LogP contribution is -1.95. The van der Waals surface area contributed by atoms with Crippen LogP contribution in [0.15, 0.2) is 42.9 Å². The Labute approximate surface area is 126 Å². The number of benzene rings is 1. The maximum Gasteiger partial charge on any atom is 0.168 e. The first-order valence-electron chi connectivity index (χ1n) is 6.76. The normalized spacial score (nSPS) is 10.7. The van der Waals surface area contributed by atoms with Gasteiger partial charge < -0.3 is 0 Å². The van der Waals surface area contributed by atoms with E-state index >= 15 is 0 Å². The van der Waals surface area contributed by atoms with Crippen molar-refractivity contribution in [1.29, 1.82) is 0 Å². The first-order valence-corrected chi connectivity index (χ1v) is 6.76. The minimum absolute atomic E-state index is 0.138. The van der Waals surface area contributed by atoms with Crippen LogP contribution in [0.4, 0.5) is 8.78 Å². The molecule has 0 aliphatic heterocycles. The predicted molar refractivity (Wildman–Crippen MR) is 80.1 cm³/mol. The number of hydrogen-bond donors (Lipinski definition) is 0. The maximum atomic E-state index is 14.0. The lowest BCUT2D eigenvalue weighted by molar-refractivity contribution is 0.505. The highest BCUT2D eigenvalue weighted by atomic mass is 19.2. The second-order valence-electron chi connectivity index (χ2n) is 5.07. The van der Waals surface area contributed by atoms with E-state index in [1.165, 1.54) is 19.1 Å². The van der Waals surface area contributed by atoms with Gasteiger partial charge in [0.15, 0.2) is 17.5 Å². The van der Waals surface area contributed by atoms with Gasteiger partial charge in [0.2, 0.25) is 0 Å². The average molecular weight is 297 g/mol. The van der Waals surface area contributed by atoms with Crippen LogP contribution in [0.2, 0.25) is 0 Å². The summed E-state index contributed by atoms with van der Waals surface area (Å²) in [5.41, 5.74) is 2.46. The topological polar surface area (TPSA) is 38.7 Å². The lowest BCUT2D eigenvalue weighted by Gasteiger charge is -2.06. The standard InChI is InChI=1S/C17H13F2N3/c1-10-7-21-17(22-8-10)12-4-6-14(20-9-12)13-5-3-11(2)15(18)16(13)19/h3-9H,1-2H3. The summed E-state index contributed by atoms with van der Waals surface area (Å²) in [4.78, 5) is 12.6. The molecule has 0 atom stereocenters. The van der Waals surface area contributed by atoms with E-state index in [1.807, 2.05) is 6.92 Å². The monoisotopic (exact) mass is 297 g/mol. The van der Waals surface area contributed by atoms with E-state index in [4.69, 9.17) is 0 Å². The molecule has 0 N–H and O–H groups in total. The minimum Gasteiger partial charge on any atom is -0.255 e. The van der Waals surface area contributed by atoms with Crippen LogP contribution in [0.5, 0.6) is 0 Å². The number of pyridine rings is 1. The molecule has 0 bridgehead atoms. The second-order valence-corrected chi connectivity index (χ2v) is 5.07. The Morgan fingerprint density at radius 2 is 1.50 bits per heavy atom. The van der Waals surface area contributed by atoms with Crippen LogP contribution in [0.1, 0.15) is 11.1 Å². The molecule has 3 nitrogen and oxygen atoms in total. The minimum atomic E-state index is -0.883. The molecule has 0 aliphatic rings. The van der Waals surface area contributed by atoms with Crippen LogP contribution in [-0.2, 0) is 0 Å². The number of rotatable bonds is 2. The van der Waals surface area contributed by atoms with Gasteiger partial charge in [-0.15, -0.1) is 0 Å². The molecule has 0 spiro atoms. The molecule has 2 aromatic heterocycles. The highest BCUT2D eigenvalue weighted by molar-refractivity contribution is 5.64. The van der Waals surface area contributed by atoms with Gasteiger partial charge in [-0.3, -0.25) is 4.98 Å². The van der Waals surface area contributed by atoms with E-state index in [0.29, 0.717) is 11.5 Å². The van der Waals surface area contributed by atoms with Crippen molar-refractivity contribution in [1.82, 2.24) is 15.0 Å². The Kier molecular flexibility index (Phi) is 3.63. The van der Waals surface area contributed by atoms with Crippen LogP contribution in [0.3, 0.4) is 0 Å². The van der Waals surface area contributed by atoms with Crippen molar-refractivity contribution in [2.75, 3.05) is 0 Å². The second kappa shape index (κ2) is 5.60. The first-order chi connectivity index (χ1) is 10.6. The smallest absolute Gasteiger partial charge is 0.168 e. The molecule has 5 heteroatoms. The van der Waals surface area contributed by atoms with Gasteiger partial charge in [0.05, 0.1) is 5.69 Å². The SMILES string of the molecule is Cc1cnc(-c2ccc(-c3ccc(C)c(F)c3F)nc2)nc1. The average Bonchev–Trinajstić information content (AvgIpc) is 2.54. The summed E-state index contributed by atoms with van der Waals surface area (Å²) >= 11 is 0. The molecular weight excluding hydrogens is 284 g/mol. The van der Waals surface area contributed by atoms with Gasteiger partial charge in [0, 0.05) is 29.7 Å². The third kappa shape index (κ3) is 2.57. The number of aryl methyl sites for hydroxylation is 2. The van der Waals surface area contributed by atoms with E-state index in [0.717, 1.165) is 11.1 Å². The summed E-state index contributed by atoms with van der Waals surface area (Å²) < 4.78 is 27.6. The van der Waals surface area contributed by atoms with Crippen molar-refractivity contribution in [3.8, 4) is 22.6 Å². The summed E-state index contributed by atoms with van der Waals surface area (Å²) in [6.07, 6.45) is 4.98. The van der Waals surface area contributed by atoms with Gasteiger partial charge >= 0.3 is 0 Å². The molecule has 0 aliphatic carbocycles. The molecule has 0 radical (unpaired) electrons. The van der Waals surface area contributed by atoms with Crippen LogP contribution in [0, 0.1) is 25.5 Å². The highest BCUT2D eigenvalue weighted by Crippen LogP contribution is 2.25. The Balaban J connectivity index is 1.98. The van der Waals surface area contributed by atoms with Gasteiger partial charge in [-0.1, -0.05) is 6.07 Å². The molecule has 0 fully saturated rings. The Morgan fingerprint density at radius 1 is 0.773 bits per heavy atom. The van der Waals surface area contributed by atoms with Crippen LogP contribution >= 0.6 is 0 Å². The third-order valence-electron chi connectivity index (χ3n) is 3.35. The highest BCUT2D eigenvalue weighted by Gasteiger charge is 2.13. The van der Waals surface area contributed by atoms with E-state index < -0.39 is 11.6 Å². The number of halogens is 2. The molecule has 0 saturated heterocycles. The molecule has 3 rings (SSSR count). The van der Waals surface area contributed by atoms with E-state index in [1.54, 1.807) is 30.7 Å². The largest absolute Gasteiger partial charge is 0.255 e. The summed E-state index contributed by atoms with van der Waals surface area (Å²) in [6.45, 7) is 3.42. The Bertz CT molecular complexity index is 813. The molecule has 2 heterocycles. The molecule has 110 valence electrons. The van der Waals surface area contributed by atoms with Crippen molar-refractivity contribution in [2.45, 2.75) is 13.8 Å².